The van der Waals surface area contributed by atoms with Crippen LogP contribution in [0.15, 0.2) is 60.7 Å². The molecule has 0 heterocycles. The minimum atomic E-state index is -3.10. The van der Waals surface area contributed by atoms with E-state index in [0.29, 0.717) is 0 Å². The maximum absolute atomic E-state index is 7.68. The van der Waals surface area contributed by atoms with Crippen LogP contribution in [0.1, 0.15) is 36.8 Å². The Hall–Kier alpha value is 3.96. The molecule has 2 rings (SSSR count). The highest BCUT2D eigenvalue weighted by Crippen LogP contribution is 2.43. The summed E-state index contributed by atoms with van der Waals surface area (Å²) in [6, 6.07) is 22.9. The average molecular weight is 2520 g/mol. The minimum absolute atomic E-state index is 0.172. The molecule has 61 heteroatoms. The van der Waals surface area contributed by atoms with Crippen LogP contribution in [-0.4, -0.2) is 265 Å². The lowest BCUT2D eigenvalue weighted by Gasteiger charge is -2.46. The molecule has 4 unspecified atom stereocenters. The first-order chi connectivity index (χ1) is 61.2. The van der Waals surface area contributed by atoms with E-state index in [1.54, 1.807) is 0 Å². The first-order valence-corrected chi connectivity index (χ1v) is 138. The zero-order valence-corrected chi connectivity index (χ0v) is 132. The molecule has 0 radical (unpaired) electrons. The Morgan fingerprint density at radius 3 is 0.340 bits per heavy atom. The molecule has 0 aromatic heterocycles. The van der Waals surface area contributed by atoms with E-state index in [1.165, 1.54) is 11.1 Å². The van der Waals surface area contributed by atoms with E-state index in [9.17, 15) is 0 Å². The zero-order valence-electron chi connectivity index (χ0n) is 101. The Morgan fingerprint density at radius 2 is 0.227 bits per heavy atom. The lowest BCUT2D eigenvalue weighted by Crippen LogP contribution is -2.63. The normalized spacial score (nSPS) is 16.9. The minimum Gasteiger partial charge on any atom is -0.437 e. The third-order valence-corrected chi connectivity index (χ3v) is 140. The average Bonchev–Trinajstić information content (AvgIpc) is 0.778. The quantitative estimate of drug-likeness (QED) is 0.0556. The highest BCUT2D eigenvalue weighted by molar-refractivity contribution is 6.99. The summed E-state index contributed by atoms with van der Waals surface area (Å²) >= 11 is 0. The van der Waals surface area contributed by atoms with E-state index in [2.05, 4.69) is 480 Å². The van der Waals surface area contributed by atoms with Crippen LogP contribution < -0.4 is 0 Å². The largest absolute Gasteiger partial charge is 0.437 e. The van der Waals surface area contributed by atoms with Gasteiger partial charge < -0.3 is 123 Å². The Morgan fingerprint density at radius 1 is 0.128 bits per heavy atom. The van der Waals surface area contributed by atoms with Crippen LogP contribution in [0.25, 0.3) is 0 Å². The molecule has 0 aliphatic carbocycles. The van der Waals surface area contributed by atoms with Gasteiger partial charge in [-0.1, -0.05) is 74.5 Å². The van der Waals surface area contributed by atoms with Crippen molar-refractivity contribution in [3.63, 3.8) is 0 Å². The molecule has 0 saturated heterocycles. The smallest absolute Gasteiger partial charge is 0.317 e. The van der Waals surface area contributed by atoms with Gasteiger partial charge >= 0.3 is 248 Å². The molecule has 0 spiro atoms. The van der Waals surface area contributed by atoms with Crippen LogP contribution in [0.4, 0.5) is 0 Å². The predicted molar refractivity (Wildman–Crippen MR) is 654 cm³/mol. The van der Waals surface area contributed by atoms with Crippen LogP contribution in [-0.2, 0) is 123 Å². The van der Waals surface area contributed by atoms with Crippen molar-refractivity contribution in [2.75, 3.05) is 0 Å². The molecule has 0 aliphatic rings. The molecule has 30 nitrogen and oxygen atoms in total. The van der Waals surface area contributed by atoms with Gasteiger partial charge in [0.15, 0.2) is 16.6 Å². The van der Waals surface area contributed by atoms with Crippen molar-refractivity contribution in [2.24, 2.45) is 0 Å². The summed E-state index contributed by atoms with van der Waals surface area (Å²) in [7, 11) is -88.2. The Balaban J connectivity index is 2.13. The van der Waals surface area contributed by atoms with E-state index < -0.39 is 265 Å². The van der Waals surface area contributed by atoms with Crippen molar-refractivity contribution in [2.45, 2.75) is 444 Å². The molecule has 0 fully saturated rings. The van der Waals surface area contributed by atoms with Crippen LogP contribution in [0.5, 0.6) is 0 Å². The Labute approximate surface area is 895 Å². The topological polar surface area (TPSA) is 277 Å². The van der Waals surface area contributed by atoms with Crippen LogP contribution in [0.2, 0.25) is 418 Å². The maximum Gasteiger partial charge on any atom is 0.317 e. The van der Waals surface area contributed by atoms with Gasteiger partial charge in [0.05, 0.1) is 0 Å². The third-order valence-electron chi connectivity index (χ3n) is 18.8. The lowest BCUT2D eigenvalue weighted by molar-refractivity contribution is 0.242. The molecule has 0 amide bonds. The van der Waals surface area contributed by atoms with Gasteiger partial charge in [-0.3, -0.25) is 0 Å². The highest BCUT2D eigenvalue weighted by Gasteiger charge is 2.60. The summed E-state index contributed by atoms with van der Waals surface area (Å²) in [6.07, 6.45) is 0. The molecule has 0 aliphatic heterocycles. The summed E-state index contributed by atoms with van der Waals surface area (Å²) in [5, 5.41) is 0. The van der Waals surface area contributed by atoms with Gasteiger partial charge in [-0.15, -0.1) is 0 Å². The molecule has 4 atom stereocenters. The van der Waals surface area contributed by atoms with E-state index in [-0.39, 0.29) is 11.8 Å². The molecule has 2 aromatic rings. The van der Waals surface area contributed by atoms with Gasteiger partial charge in [0.2, 0.25) is 0 Å². The molecule has 832 valence electrons. The van der Waals surface area contributed by atoms with E-state index >= 15 is 0 Å². The maximum atomic E-state index is 7.68. The van der Waals surface area contributed by atoms with Crippen LogP contribution in [0, 0.1) is 0 Å². The molecule has 0 saturated carbocycles. The van der Waals surface area contributed by atoms with Crippen molar-refractivity contribution >= 4 is 265 Å². The van der Waals surface area contributed by atoms with Gasteiger partial charge in [-0.2, -0.15) is 0 Å². The van der Waals surface area contributed by atoms with Crippen molar-refractivity contribution in [1.29, 1.82) is 0 Å². The SMILES string of the molecule is CC(C[Si](C)(O[Si](C)(C)C)O[Si](C)(CC(C)c1ccccc1)O[Si](C)(C)O[Si](C)(C)O[Si](C)(C)O[Si](C)(C)O[Si](C)(C)O[Si](C)(C)O[Si](C)(C)O[Si](C)(C)O[Si](C)(C)O[Si](C)(C)O[Si](C)(C)O[Si](C)(C)O[Si](C)(C)O[Si](C)(C)O[Si](C)(C)O[Si](C)(C)O[Si](C)(C)O[Si](C)(C)O[Si](C)(C)O[Si](C)(C)O[Si](C)(C)O[Si](C)(C)O[Si](C)(C)O[Si](C)(C)O[Si](C)(C)O[Si](C)(C)O[Si](C)(C)O[Si](C)(C)C)c1ccccc1. The molecule has 0 N–H and O–H groups in total. The van der Waals surface area contributed by atoms with Gasteiger partial charge in [-0.05, 0) is 441 Å². The fourth-order valence-corrected chi connectivity index (χ4v) is 183. The fraction of sp³-hybridized carbons (Fsp3) is 0.850. The second-order valence-electron chi connectivity index (χ2n) is 52.4. The number of hydrogen-bond acceptors (Lipinski definition) is 30. The van der Waals surface area contributed by atoms with E-state index in [0.717, 1.165) is 12.1 Å². The van der Waals surface area contributed by atoms with Crippen molar-refractivity contribution < 1.29 is 123 Å². The van der Waals surface area contributed by atoms with E-state index in [1.807, 2.05) is 0 Å². The number of hydrogen-bond donors (Lipinski definition) is 0. The molecule has 2 aromatic carbocycles. The zero-order chi connectivity index (χ0) is 112. The first kappa shape index (κ1) is 141. The Kier molecular flexibility index (Phi) is 49.4. The summed E-state index contributed by atoms with van der Waals surface area (Å²) in [5.74, 6) is 0.402. The summed E-state index contributed by atoms with van der Waals surface area (Å²) in [4.78, 5) is 0. The molecular formula is C80H208O30Si31. The molecule has 0 bridgehead atoms. The Bertz CT molecular complexity index is 4140. The summed E-state index contributed by atoms with van der Waals surface area (Å²) in [5.41, 5.74) is 2.52. The molecule has 141 heavy (non-hydrogen) atoms. The van der Waals surface area contributed by atoms with Gasteiger partial charge in [0.1, 0.15) is 0 Å². The van der Waals surface area contributed by atoms with Crippen molar-refractivity contribution in [3.8, 4) is 0 Å². The number of rotatable bonds is 66. The van der Waals surface area contributed by atoms with Crippen molar-refractivity contribution in [1.82, 2.24) is 0 Å². The first-order valence-electron chi connectivity index (χ1n) is 50.3. The van der Waals surface area contributed by atoms with Crippen molar-refractivity contribution in [3.05, 3.63) is 71.8 Å². The third kappa shape index (κ3) is 61.1. The van der Waals surface area contributed by atoms with Gasteiger partial charge in [0, 0.05) is 0 Å². The number of benzene rings is 2. The standard InChI is InChI=1S/C80H208O30Si31/c1-77(79-71-67-65-68-72-79)75-140(63,82-112(6,7)8)110-141(64,76-78(2)80-73-69-66-70-74-80)109-139(61,62)108-138(59,60)107-137(57,58)106-136(55,56)105-135(53,54)104-134(51,52)103-133(49,50)102-132(47,48)101-131(45,46)100-130(43,44)99-129(41,42)98-128(39,40)97-127(37,38)96-126(35,36)95-125(33,34)94-124(31,32)93-123(29,30)92-122(27,28)91-121(25,26)90-120(23,24)89-119(21,22)88-118(19,20)87-117(17,18)86-116(15,16)85-115(13,14)84-114(11,12)83-113(9,10)81-111(3,4)5/h65-74,77-78H,75-76H2,1-64H3. The van der Waals surface area contributed by atoms with Gasteiger partial charge in [0.25, 0.3) is 0 Å². The lowest BCUT2D eigenvalue weighted by atomic mass is 10.0. The predicted octanol–water partition coefficient (Wildman–Crippen LogP) is 27.9. The van der Waals surface area contributed by atoms with Crippen LogP contribution in [0.3, 0.4) is 0 Å². The molecular weight excluding hydrogens is 2310 g/mol. The second-order valence-corrected chi connectivity index (χ2v) is 166. The van der Waals surface area contributed by atoms with Crippen LogP contribution >= 0.6 is 0 Å². The second kappa shape index (κ2) is 49.4. The monoisotopic (exact) mass is 2520 g/mol. The summed E-state index contributed by atoms with van der Waals surface area (Å²) in [6.45, 7) is 134. The highest BCUT2D eigenvalue weighted by atomic mass is 28.6. The van der Waals surface area contributed by atoms with Gasteiger partial charge in [-0.25, -0.2) is 0 Å². The van der Waals surface area contributed by atoms with E-state index in [4.69, 9.17) is 123 Å². The fourth-order valence-electron chi connectivity index (χ4n) is 21.4. The summed E-state index contributed by atoms with van der Waals surface area (Å²) < 4.78 is 212.